The minimum atomic E-state index is -4.79. The van der Waals surface area contributed by atoms with Crippen molar-refractivity contribution in [1.82, 2.24) is 0 Å². The highest BCUT2D eigenvalue weighted by atomic mass is 19.4. The predicted octanol–water partition coefficient (Wildman–Crippen LogP) is 9.14. The molecule has 13 heteroatoms. The normalized spacial score (nSPS) is 16.0. The third-order valence-corrected chi connectivity index (χ3v) is 8.26. The van der Waals surface area contributed by atoms with E-state index in [2.05, 4.69) is 4.74 Å². The van der Waals surface area contributed by atoms with Crippen molar-refractivity contribution in [3.63, 3.8) is 0 Å². The molecule has 0 amide bonds. The van der Waals surface area contributed by atoms with Crippen LogP contribution in [0, 0.1) is 11.6 Å². The second-order valence-electron chi connectivity index (χ2n) is 11.3. The second kappa shape index (κ2) is 12.0. The van der Waals surface area contributed by atoms with E-state index in [0.717, 1.165) is 30.3 Å². The molecule has 0 saturated heterocycles. The van der Waals surface area contributed by atoms with Crippen molar-refractivity contribution >= 4 is 11.9 Å². The highest BCUT2D eigenvalue weighted by molar-refractivity contribution is 5.86. The number of halogens is 8. The largest absolute Gasteiger partial charge is 0.573 e. The molecule has 2 aliphatic carbocycles. The van der Waals surface area contributed by atoms with Crippen molar-refractivity contribution < 1.29 is 59.7 Å². The fourth-order valence-electron chi connectivity index (χ4n) is 5.30. The van der Waals surface area contributed by atoms with Gasteiger partial charge >= 0.3 is 24.5 Å². The van der Waals surface area contributed by atoms with Gasteiger partial charge in [0.1, 0.15) is 17.4 Å². The molecule has 246 valence electrons. The third-order valence-electron chi connectivity index (χ3n) is 8.26. The lowest BCUT2D eigenvalue weighted by atomic mass is 9.93. The lowest BCUT2D eigenvalue weighted by Gasteiger charge is -2.13. The van der Waals surface area contributed by atoms with Gasteiger partial charge in [-0.1, -0.05) is 48.5 Å². The summed E-state index contributed by atoms with van der Waals surface area (Å²) in [6, 6.07) is 17.3. The molecule has 0 aliphatic heterocycles. The molecule has 6 rings (SSSR count). The Labute approximate surface area is 262 Å². The van der Waals surface area contributed by atoms with E-state index in [1.807, 2.05) is 0 Å². The number of hydrogen-bond donors (Lipinski definition) is 2. The van der Waals surface area contributed by atoms with Crippen LogP contribution in [0.3, 0.4) is 0 Å². The lowest BCUT2D eigenvalue weighted by molar-refractivity contribution is -0.274. The number of aliphatic carboxylic acids is 2. The lowest BCUT2D eigenvalue weighted by Crippen LogP contribution is -2.19. The molecule has 0 heterocycles. The van der Waals surface area contributed by atoms with Gasteiger partial charge in [-0.3, -0.25) is 9.59 Å². The van der Waals surface area contributed by atoms with Crippen LogP contribution in [0.5, 0.6) is 5.75 Å². The molecule has 0 bridgehead atoms. The van der Waals surface area contributed by atoms with Crippen LogP contribution in [0.4, 0.5) is 35.1 Å². The van der Waals surface area contributed by atoms with Crippen LogP contribution in [0.15, 0.2) is 84.9 Å². The Morgan fingerprint density at radius 3 is 1.47 bits per heavy atom. The van der Waals surface area contributed by atoms with Gasteiger partial charge < -0.3 is 14.9 Å². The van der Waals surface area contributed by atoms with Crippen molar-refractivity contribution in [2.45, 2.75) is 49.1 Å². The first-order chi connectivity index (χ1) is 21.9. The SMILES string of the molecule is O=C(O)C1(c2ccc(-c3ccc(OC(F)(F)F)cc3)c(F)c2)CC1.O=C(O)C1(c2ccc(-c3cccc(C(F)(F)F)c3)c(F)c2)CC1. The zero-order valence-electron chi connectivity index (χ0n) is 24.1. The summed E-state index contributed by atoms with van der Waals surface area (Å²) in [4.78, 5) is 22.5. The summed E-state index contributed by atoms with van der Waals surface area (Å²) in [6.45, 7) is 0. The third kappa shape index (κ3) is 7.08. The average Bonchev–Trinajstić information content (AvgIpc) is 3.91. The van der Waals surface area contributed by atoms with E-state index in [0.29, 0.717) is 42.4 Å². The summed E-state index contributed by atoms with van der Waals surface area (Å²) in [5.41, 5.74) is -1.51. The predicted molar refractivity (Wildman–Crippen MR) is 152 cm³/mol. The summed E-state index contributed by atoms with van der Waals surface area (Å²) in [5.74, 6) is -3.74. The van der Waals surface area contributed by atoms with Crippen LogP contribution in [0.2, 0.25) is 0 Å². The second-order valence-corrected chi connectivity index (χ2v) is 11.3. The molecule has 4 aromatic carbocycles. The topological polar surface area (TPSA) is 83.8 Å². The number of benzene rings is 4. The maximum Gasteiger partial charge on any atom is 0.573 e. The first kappa shape index (κ1) is 33.4. The number of rotatable bonds is 7. The van der Waals surface area contributed by atoms with Crippen LogP contribution in [0.25, 0.3) is 22.3 Å². The molecule has 0 radical (unpaired) electrons. The monoisotopic (exact) mass is 664 g/mol. The molecule has 2 N–H and O–H groups in total. The first-order valence-electron chi connectivity index (χ1n) is 14.1. The summed E-state index contributed by atoms with van der Waals surface area (Å²) in [5, 5.41) is 18.4. The molecule has 0 unspecified atom stereocenters. The Kier molecular flexibility index (Phi) is 8.54. The smallest absolute Gasteiger partial charge is 0.481 e. The molecule has 2 aliphatic rings. The van der Waals surface area contributed by atoms with Gasteiger partial charge in [-0.15, -0.1) is 13.2 Å². The number of carboxylic acids is 2. The number of ether oxygens (including phenoxy) is 1. The van der Waals surface area contributed by atoms with Crippen molar-refractivity contribution in [1.29, 1.82) is 0 Å². The van der Waals surface area contributed by atoms with Crippen molar-refractivity contribution in [2.24, 2.45) is 0 Å². The highest BCUT2D eigenvalue weighted by Crippen LogP contribution is 2.50. The minimum absolute atomic E-state index is 0.0149. The Hall–Kier alpha value is -4.94. The van der Waals surface area contributed by atoms with Gasteiger partial charge in [0.25, 0.3) is 0 Å². The Bertz CT molecular complexity index is 1820. The summed E-state index contributed by atoms with van der Waals surface area (Å²) in [6.07, 6.45) is -7.50. The Balaban J connectivity index is 0.000000185. The quantitative estimate of drug-likeness (QED) is 0.193. The van der Waals surface area contributed by atoms with Gasteiger partial charge in [0.05, 0.1) is 16.4 Å². The van der Waals surface area contributed by atoms with E-state index in [1.165, 1.54) is 48.5 Å². The maximum atomic E-state index is 14.3. The molecule has 2 saturated carbocycles. The van der Waals surface area contributed by atoms with Gasteiger partial charge in [-0.2, -0.15) is 13.2 Å². The van der Waals surface area contributed by atoms with Crippen LogP contribution < -0.4 is 4.74 Å². The van der Waals surface area contributed by atoms with E-state index in [-0.39, 0.29) is 16.7 Å². The Morgan fingerprint density at radius 2 is 1.09 bits per heavy atom. The van der Waals surface area contributed by atoms with Crippen molar-refractivity contribution in [2.75, 3.05) is 0 Å². The molecular weight excluding hydrogens is 640 g/mol. The molecule has 47 heavy (non-hydrogen) atoms. The molecule has 4 aromatic rings. The maximum absolute atomic E-state index is 14.3. The zero-order valence-corrected chi connectivity index (χ0v) is 24.1. The first-order valence-corrected chi connectivity index (χ1v) is 14.1. The fraction of sp³-hybridized carbons (Fsp3) is 0.235. The number of hydrogen-bond acceptors (Lipinski definition) is 3. The standard InChI is InChI=1S/C17H12F4O3.C17H12F4O2/c18-14-9-11(16(7-8-16)15(22)23)3-6-13(14)10-1-4-12(5-2-10)24-17(19,20)21;18-14-9-11(16(6-7-16)15(22)23)4-5-13(14)10-2-1-3-12(8-10)17(19,20)21/h1-6,9H,7-8H2,(H,22,23);1-5,8-9H,6-7H2,(H,22,23). The summed E-state index contributed by atoms with van der Waals surface area (Å²) in [7, 11) is 0. The summed E-state index contributed by atoms with van der Waals surface area (Å²) >= 11 is 0. The molecule has 5 nitrogen and oxygen atoms in total. The molecular formula is C34H24F8O5. The van der Waals surface area contributed by atoms with E-state index in [1.54, 1.807) is 6.07 Å². The molecule has 2 fully saturated rings. The fourth-order valence-corrected chi connectivity index (χ4v) is 5.30. The van der Waals surface area contributed by atoms with Gasteiger partial charge in [-0.05, 0) is 84.3 Å². The molecule has 0 atom stereocenters. The van der Waals surface area contributed by atoms with Crippen LogP contribution in [-0.4, -0.2) is 28.5 Å². The van der Waals surface area contributed by atoms with E-state index >= 15 is 0 Å². The van der Waals surface area contributed by atoms with Gasteiger partial charge in [0.2, 0.25) is 0 Å². The van der Waals surface area contributed by atoms with E-state index < -0.39 is 58.3 Å². The van der Waals surface area contributed by atoms with Gasteiger partial charge in [0.15, 0.2) is 0 Å². The summed E-state index contributed by atoms with van der Waals surface area (Å²) < 4.78 is 107. The molecule has 0 aromatic heterocycles. The van der Waals surface area contributed by atoms with E-state index in [4.69, 9.17) is 0 Å². The van der Waals surface area contributed by atoms with Crippen LogP contribution in [-0.2, 0) is 26.6 Å². The van der Waals surface area contributed by atoms with Gasteiger partial charge in [0, 0.05) is 11.1 Å². The van der Waals surface area contributed by atoms with Gasteiger partial charge in [-0.25, -0.2) is 8.78 Å². The van der Waals surface area contributed by atoms with E-state index in [9.17, 15) is 54.9 Å². The van der Waals surface area contributed by atoms with Crippen molar-refractivity contribution in [3.8, 4) is 28.0 Å². The molecule has 0 spiro atoms. The van der Waals surface area contributed by atoms with Crippen LogP contribution in [0.1, 0.15) is 42.4 Å². The Morgan fingerprint density at radius 1 is 0.617 bits per heavy atom. The number of carboxylic acid groups (broad SMARTS) is 2. The minimum Gasteiger partial charge on any atom is -0.481 e. The average molecular weight is 665 g/mol. The number of alkyl halides is 6. The van der Waals surface area contributed by atoms with Crippen LogP contribution >= 0.6 is 0 Å². The van der Waals surface area contributed by atoms with Crippen molar-refractivity contribution in [3.05, 3.63) is 113 Å². The zero-order chi connectivity index (χ0) is 34.4. The highest BCUT2D eigenvalue weighted by Gasteiger charge is 2.52. The number of carbonyl (C=O) groups is 2.